The second-order valence-electron chi connectivity index (χ2n) is 8.37. The van der Waals surface area contributed by atoms with Crippen molar-refractivity contribution in [3.63, 3.8) is 0 Å². The van der Waals surface area contributed by atoms with Crippen LogP contribution in [-0.2, 0) is 22.1 Å². The van der Waals surface area contributed by atoms with Gasteiger partial charge in [-0.3, -0.25) is 4.90 Å². The number of carbonyl (C=O) groups excluding carboxylic acids is 1. The zero-order chi connectivity index (χ0) is 20.5. The molecular formula is C21H26F3NO3. The van der Waals surface area contributed by atoms with Crippen molar-refractivity contribution >= 4 is 6.09 Å². The predicted octanol–water partition coefficient (Wildman–Crippen LogP) is 4.97. The molecule has 2 aliphatic heterocycles. The highest BCUT2D eigenvalue weighted by molar-refractivity contribution is 5.70. The third-order valence-corrected chi connectivity index (χ3v) is 4.87. The van der Waals surface area contributed by atoms with E-state index in [1.165, 1.54) is 12.1 Å². The molecule has 2 bridgehead atoms. The lowest BCUT2D eigenvalue weighted by atomic mass is 9.90. The molecule has 7 heteroatoms. The Labute approximate surface area is 163 Å². The maximum absolute atomic E-state index is 12.9. The van der Waals surface area contributed by atoms with E-state index in [0.717, 1.165) is 11.6 Å². The van der Waals surface area contributed by atoms with Crippen LogP contribution in [0.2, 0.25) is 0 Å². The first-order chi connectivity index (χ1) is 13.0. The van der Waals surface area contributed by atoms with Gasteiger partial charge in [-0.25, -0.2) is 4.79 Å². The first-order valence-corrected chi connectivity index (χ1v) is 9.48. The molecule has 154 valence electrons. The summed E-state index contributed by atoms with van der Waals surface area (Å²) in [5.74, 6) is 0. The smallest absolute Gasteiger partial charge is 0.416 e. The Morgan fingerprint density at radius 2 is 1.96 bits per heavy atom. The van der Waals surface area contributed by atoms with E-state index < -0.39 is 17.3 Å². The second-order valence-corrected chi connectivity index (χ2v) is 8.37. The van der Waals surface area contributed by atoms with Crippen LogP contribution in [0.1, 0.15) is 44.7 Å². The van der Waals surface area contributed by atoms with Gasteiger partial charge in [-0.05, 0) is 51.7 Å². The molecule has 0 saturated carbocycles. The van der Waals surface area contributed by atoms with Gasteiger partial charge < -0.3 is 9.47 Å². The molecule has 0 radical (unpaired) electrons. The van der Waals surface area contributed by atoms with Gasteiger partial charge in [0, 0.05) is 0 Å². The number of ether oxygens (including phenoxy) is 2. The molecule has 2 unspecified atom stereocenters. The van der Waals surface area contributed by atoms with Crippen molar-refractivity contribution in [2.75, 3.05) is 13.2 Å². The summed E-state index contributed by atoms with van der Waals surface area (Å²) in [4.78, 5) is 14.3. The number of aryl methyl sites for hydroxylation is 1. The quantitative estimate of drug-likeness (QED) is 0.676. The average Bonchev–Trinajstić information content (AvgIpc) is 2.57. The van der Waals surface area contributed by atoms with Gasteiger partial charge in [-0.1, -0.05) is 29.8 Å². The highest BCUT2D eigenvalue weighted by Gasteiger charge is 2.39. The summed E-state index contributed by atoms with van der Waals surface area (Å²) in [7, 11) is 0. The van der Waals surface area contributed by atoms with Gasteiger partial charge >= 0.3 is 12.3 Å². The zero-order valence-corrected chi connectivity index (χ0v) is 16.4. The zero-order valence-electron chi connectivity index (χ0n) is 16.4. The Morgan fingerprint density at radius 1 is 1.21 bits per heavy atom. The first-order valence-electron chi connectivity index (χ1n) is 9.48. The van der Waals surface area contributed by atoms with Gasteiger partial charge in [0.05, 0.1) is 30.9 Å². The number of hydrogen-bond acceptors (Lipinski definition) is 3. The Morgan fingerprint density at radius 3 is 2.61 bits per heavy atom. The minimum absolute atomic E-state index is 0.102. The number of halogens is 3. The van der Waals surface area contributed by atoms with E-state index in [0.29, 0.717) is 38.0 Å². The number of carbonyl (C=O) groups is 1. The number of benzene rings is 1. The van der Waals surface area contributed by atoms with E-state index in [1.807, 2.05) is 26.8 Å². The van der Waals surface area contributed by atoms with Crippen LogP contribution < -0.4 is 0 Å². The van der Waals surface area contributed by atoms with Gasteiger partial charge in [-0.15, -0.1) is 0 Å². The van der Waals surface area contributed by atoms with E-state index in [2.05, 4.69) is 0 Å². The van der Waals surface area contributed by atoms with Crippen LogP contribution in [0.3, 0.4) is 0 Å². The highest BCUT2D eigenvalue weighted by atomic mass is 19.4. The van der Waals surface area contributed by atoms with Gasteiger partial charge in [0.15, 0.2) is 0 Å². The van der Waals surface area contributed by atoms with Crippen LogP contribution in [0, 0.1) is 0 Å². The number of morpholine rings is 1. The van der Waals surface area contributed by atoms with Crippen LogP contribution >= 0.6 is 0 Å². The van der Waals surface area contributed by atoms with E-state index in [4.69, 9.17) is 9.47 Å². The van der Waals surface area contributed by atoms with Crippen molar-refractivity contribution in [1.82, 2.24) is 4.90 Å². The highest BCUT2D eigenvalue weighted by Crippen LogP contribution is 2.32. The fraction of sp³-hybridized carbons (Fsp3) is 0.571. The van der Waals surface area contributed by atoms with Crippen molar-refractivity contribution in [1.29, 1.82) is 0 Å². The Hall–Kier alpha value is -2.02. The van der Waals surface area contributed by atoms with Crippen LogP contribution in [0.15, 0.2) is 35.9 Å². The molecule has 1 aromatic rings. The van der Waals surface area contributed by atoms with Gasteiger partial charge in [0.25, 0.3) is 0 Å². The fourth-order valence-electron chi connectivity index (χ4n) is 3.68. The Bertz CT molecular complexity index is 752. The minimum Gasteiger partial charge on any atom is -0.444 e. The van der Waals surface area contributed by atoms with Crippen molar-refractivity contribution in [2.45, 2.75) is 63.9 Å². The molecule has 1 fully saturated rings. The minimum atomic E-state index is -4.33. The van der Waals surface area contributed by atoms with E-state index in [1.54, 1.807) is 11.0 Å². The Kier molecular flexibility index (Phi) is 5.75. The molecule has 0 aliphatic carbocycles. The lowest BCUT2D eigenvalue weighted by molar-refractivity contribution is -0.137. The molecule has 2 aliphatic rings. The van der Waals surface area contributed by atoms with Crippen LogP contribution in [0.25, 0.3) is 0 Å². The van der Waals surface area contributed by atoms with E-state index in [-0.39, 0.29) is 18.2 Å². The third-order valence-electron chi connectivity index (χ3n) is 4.87. The summed E-state index contributed by atoms with van der Waals surface area (Å²) in [5.41, 5.74) is 0.617. The molecule has 0 spiro atoms. The first kappa shape index (κ1) is 20.7. The summed E-state index contributed by atoms with van der Waals surface area (Å²) in [6.45, 7) is 6.34. The van der Waals surface area contributed by atoms with Crippen molar-refractivity contribution < 1.29 is 27.4 Å². The lowest BCUT2D eigenvalue weighted by Gasteiger charge is -2.44. The van der Waals surface area contributed by atoms with E-state index >= 15 is 0 Å². The molecule has 2 atom stereocenters. The number of nitrogens with zero attached hydrogens (tertiary/aromatic N) is 1. The van der Waals surface area contributed by atoms with Gasteiger partial charge in [0.2, 0.25) is 0 Å². The number of fused-ring (bicyclic) bond motifs is 2. The topological polar surface area (TPSA) is 38.8 Å². The van der Waals surface area contributed by atoms with Crippen LogP contribution in [0.4, 0.5) is 18.0 Å². The van der Waals surface area contributed by atoms with Crippen molar-refractivity contribution in [3.8, 4) is 0 Å². The molecule has 0 aromatic heterocycles. The summed E-state index contributed by atoms with van der Waals surface area (Å²) >= 11 is 0. The molecule has 1 saturated heterocycles. The maximum atomic E-state index is 12.9. The van der Waals surface area contributed by atoms with Crippen LogP contribution in [0.5, 0.6) is 0 Å². The van der Waals surface area contributed by atoms with Crippen molar-refractivity contribution in [2.24, 2.45) is 0 Å². The molecule has 0 N–H and O–H groups in total. The fourth-order valence-corrected chi connectivity index (χ4v) is 3.68. The molecule has 4 nitrogen and oxygen atoms in total. The molecule has 28 heavy (non-hydrogen) atoms. The summed E-state index contributed by atoms with van der Waals surface area (Å²) in [6.07, 6.45) is -0.831. The standard InChI is InChI=1S/C21H26F3NO3/c1-20(2,3)28-19(26)25-17-10-15(11-18(25)13-27-12-17)8-7-14-5-4-6-16(9-14)21(22,23)24/h4-6,9-10,17-18H,7-8,11-13H2,1-3H3. The summed E-state index contributed by atoms with van der Waals surface area (Å²) < 4.78 is 49.8. The van der Waals surface area contributed by atoms with Gasteiger partial charge in [0.1, 0.15) is 5.60 Å². The number of rotatable bonds is 3. The van der Waals surface area contributed by atoms with Crippen molar-refractivity contribution in [3.05, 3.63) is 47.0 Å². The number of alkyl halides is 3. The molecule has 1 aromatic carbocycles. The van der Waals surface area contributed by atoms with E-state index in [9.17, 15) is 18.0 Å². The molecule has 1 amide bonds. The SMILES string of the molecule is CC(C)(C)OC(=O)N1C2C=C(CCc3cccc(C(F)(F)F)c3)CC1COC2. The second kappa shape index (κ2) is 7.78. The third kappa shape index (κ3) is 5.07. The normalized spacial score (nSPS) is 22.6. The van der Waals surface area contributed by atoms with Gasteiger partial charge in [-0.2, -0.15) is 13.2 Å². The average molecular weight is 397 g/mol. The molecule has 3 rings (SSSR count). The molecule has 2 heterocycles. The van der Waals surface area contributed by atoms with Crippen LogP contribution in [-0.4, -0.2) is 41.9 Å². The summed E-state index contributed by atoms with van der Waals surface area (Å²) in [6, 6.07) is 5.16. The Balaban J connectivity index is 1.68. The summed E-state index contributed by atoms with van der Waals surface area (Å²) in [5, 5.41) is 0. The predicted molar refractivity (Wildman–Crippen MR) is 98.9 cm³/mol. The monoisotopic (exact) mass is 397 g/mol. The lowest BCUT2D eigenvalue weighted by Crippen LogP contribution is -2.57. The molecular weight excluding hydrogens is 371 g/mol. The largest absolute Gasteiger partial charge is 0.444 e. The number of amides is 1. The maximum Gasteiger partial charge on any atom is 0.416 e. The number of hydrogen-bond donors (Lipinski definition) is 0.